The van der Waals surface area contributed by atoms with E-state index in [2.05, 4.69) is 20.9 Å². The van der Waals surface area contributed by atoms with Crippen LogP contribution in [0.2, 0.25) is 0 Å². The molecule has 19 heavy (non-hydrogen) atoms. The van der Waals surface area contributed by atoms with Crippen LogP contribution in [0.3, 0.4) is 0 Å². The van der Waals surface area contributed by atoms with Crippen molar-refractivity contribution in [3.05, 3.63) is 50.6 Å². The number of hydrogen-bond acceptors (Lipinski definition) is 5. The number of nitrogen functional groups attached to an aromatic ring is 1. The number of aryl methyl sites for hydroxylation is 1. The molecule has 1 heterocycles. The first kappa shape index (κ1) is 13.3. The van der Waals surface area contributed by atoms with Gasteiger partial charge in [-0.25, -0.2) is 4.98 Å². The van der Waals surface area contributed by atoms with E-state index in [-0.39, 0.29) is 11.6 Å². The fourth-order valence-corrected chi connectivity index (χ4v) is 1.88. The quantitative estimate of drug-likeness (QED) is 0.690. The van der Waals surface area contributed by atoms with E-state index in [1.807, 2.05) is 0 Å². The second kappa shape index (κ2) is 5.23. The fourth-order valence-electron chi connectivity index (χ4n) is 1.54. The van der Waals surface area contributed by atoms with Crippen molar-refractivity contribution in [2.75, 3.05) is 5.73 Å². The number of nitrogens with two attached hydrogens (primary N) is 1. The van der Waals surface area contributed by atoms with Crippen LogP contribution in [0.5, 0.6) is 11.6 Å². The Kier molecular flexibility index (Phi) is 3.66. The third-order valence-corrected chi connectivity index (χ3v) is 2.86. The highest BCUT2D eigenvalue weighted by molar-refractivity contribution is 9.10. The summed E-state index contributed by atoms with van der Waals surface area (Å²) < 4.78 is 6.25. The van der Waals surface area contributed by atoms with Gasteiger partial charge >= 0.3 is 0 Å². The third-order valence-electron chi connectivity index (χ3n) is 2.42. The molecule has 2 aromatic rings. The molecule has 98 valence electrons. The summed E-state index contributed by atoms with van der Waals surface area (Å²) in [5.41, 5.74) is 6.70. The van der Waals surface area contributed by atoms with E-state index in [0.29, 0.717) is 17.0 Å². The van der Waals surface area contributed by atoms with Crippen LogP contribution in [0.15, 0.2) is 34.9 Å². The second-order valence-electron chi connectivity index (χ2n) is 3.86. The number of hydrogen-bond donors (Lipinski definition) is 1. The standard InChI is InChI=1S/C12H10BrN3O3/c1-7-4-9(2-3-11(7)16(17)18)19-12-10(14)5-8(13)6-15-12/h2-6H,14H2,1H3. The molecule has 0 aliphatic heterocycles. The van der Waals surface area contributed by atoms with Gasteiger partial charge in [0.25, 0.3) is 5.69 Å². The number of nitro groups is 1. The van der Waals surface area contributed by atoms with Gasteiger partial charge in [-0.3, -0.25) is 10.1 Å². The molecule has 6 nitrogen and oxygen atoms in total. The molecule has 0 unspecified atom stereocenters. The first-order valence-electron chi connectivity index (χ1n) is 5.31. The second-order valence-corrected chi connectivity index (χ2v) is 4.77. The van der Waals surface area contributed by atoms with Gasteiger partial charge in [-0.1, -0.05) is 0 Å². The fraction of sp³-hybridized carbons (Fsp3) is 0.0833. The summed E-state index contributed by atoms with van der Waals surface area (Å²) in [4.78, 5) is 14.3. The molecular formula is C12H10BrN3O3. The van der Waals surface area contributed by atoms with Crippen molar-refractivity contribution in [2.24, 2.45) is 0 Å². The summed E-state index contributed by atoms with van der Waals surface area (Å²) in [6.45, 7) is 1.64. The summed E-state index contributed by atoms with van der Waals surface area (Å²) in [5, 5.41) is 10.7. The molecule has 1 aromatic heterocycles. The predicted molar refractivity (Wildman–Crippen MR) is 74.3 cm³/mol. The Labute approximate surface area is 117 Å². The molecule has 0 saturated heterocycles. The summed E-state index contributed by atoms with van der Waals surface area (Å²) in [6.07, 6.45) is 1.56. The lowest BCUT2D eigenvalue weighted by molar-refractivity contribution is -0.385. The summed E-state index contributed by atoms with van der Waals surface area (Å²) in [5.74, 6) is 0.709. The Bertz CT molecular complexity index is 646. The molecule has 0 radical (unpaired) electrons. The molecule has 0 spiro atoms. The van der Waals surface area contributed by atoms with E-state index < -0.39 is 4.92 Å². The van der Waals surface area contributed by atoms with Crippen LogP contribution >= 0.6 is 15.9 Å². The van der Waals surface area contributed by atoms with Crippen LogP contribution in [0, 0.1) is 17.0 Å². The number of rotatable bonds is 3. The lowest BCUT2D eigenvalue weighted by Gasteiger charge is -2.08. The molecule has 7 heteroatoms. The van der Waals surface area contributed by atoms with Crippen molar-refractivity contribution in [3.8, 4) is 11.6 Å². The molecular weight excluding hydrogens is 314 g/mol. The SMILES string of the molecule is Cc1cc(Oc2ncc(Br)cc2N)ccc1[N+](=O)[O-]. The van der Waals surface area contributed by atoms with Crippen molar-refractivity contribution < 1.29 is 9.66 Å². The van der Waals surface area contributed by atoms with Crippen molar-refractivity contribution in [2.45, 2.75) is 6.92 Å². The van der Waals surface area contributed by atoms with E-state index in [0.717, 1.165) is 4.47 Å². The number of benzene rings is 1. The topological polar surface area (TPSA) is 91.3 Å². The van der Waals surface area contributed by atoms with Gasteiger partial charge in [0.15, 0.2) is 0 Å². The van der Waals surface area contributed by atoms with E-state index in [9.17, 15) is 10.1 Å². The number of anilines is 1. The van der Waals surface area contributed by atoms with Gasteiger partial charge < -0.3 is 10.5 Å². The largest absolute Gasteiger partial charge is 0.437 e. The van der Waals surface area contributed by atoms with Crippen molar-refractivity contribution in [1.82, 2.24) is 4.98 Å². The Morgan fingerprint density at radius 1 is 1.42 bits per heavy atom. The number of aromatic nitrogens is 1. The molecule has 0 fully saturated rings. The highest BCUT2D eigenvalue weighted by atomic mass is 79.9. The van der Waals surface area contributed by atoms with E-state index >= 15 is 0 Å². The van der Waals surface area contributed by atoms with Crippen LogP contribution in [0.1, 0.15) is 5.56 Å². The molecule has 2 N–H and O–H groups in total. The van der Waals surface area contributed by atoms with Crippen LogP contribution in [-0.2, 0) is 0 Å². The molecule has 0 bridgehead atoms. The zero-order valence-corrected chi connectivity index (χ0v) is 11.5. The molecule has 2 rings (SSSR count). The van der Waals surface area contributed by atoms with Crippen molar-refractivity contribution in [3.63, 3.8) is 0 Å². The Morgan fingerprint density at radius 3 is 2.74 bits per heavy atom. The van der Waals surface area contributed by atoms with E-state index in [1.165, 1.54) is 12.1 Å². The van der Waals surface area contributed by atoms with Crippen LogP contribution in [0.4, 0.5) is 11.4 Å². The smallest absolute Gasteiger partial charge is 0.272 e. The first-order chi connectivity index (χ1) is 8.97. The average Bonchev–Trinajstić information content (AvgIpc) is 2.32. The monoisotopic (exact) mass is 323 g/mol. The highest BCUT2D eigenvalue weighted by Gasteiger charge is 2.12. The summed E-state index contributed by atoms with van der Waals surface area (Å²) >= 11 is 3.25. The van der Waals surface area contributed by atoms with Gasteiger partial charge in [0, 0.05) is 22.3 Å². The van der Waals surface area contributed by atoms with Crippen molar-refractivity contribution in [1.29, 1.82) is 0 Å². The zero-order chi connectivity index (χ0) is 14.0. The summed E-state index contributed by atoms with van der Waals surface area (Å²) in [7, 11) is 0. The normalized spacial score (nSPS) is 10.2. The molecule has 0 aliphatic carbocycles. The number of pyridine rings is 1. The number of nitro benzene ring substituents is 1. The van der Waals surface area contributed by atoms with E-state index in [1.54, 1.807) is 25.3 Å². The minimum absolute atomic E-state index is 0.0455. The minimum atomic E-state index is -0.439. The highest BCUT2D eigenvalue weighted by Crippen LogP contribution is 2.29. The molecule has 0 saturated carbocycles. The van der Waals surface area contributed by atoms with Crippen LogP contribution in [0.25, 0.3) is 0 Å². The van der Waals surface area contributed by atoms with Crippen LogP contribution in [-0.4, -0.2) is 9.91 Å². The van der Waals surface area contributed by atoms with Gasteiger partial charge in [0.2, 0.25) is 5.88 Å². The van der Waals surface area contributed by atoms with Gasteiger partial charge in [-0.15, -0.1) is 0 Å². The predicted octanol–water partition coefficient (Wildman–Crippen LogP) is 3.44. The maximum Gasteiger partial charge on any atom is 0.272 e. The van der Waals surface area contributed by atoms with Gasteiger partial charge in [0.05, 0.1) is 10.6 Å². The number of halogens is 1. The molecule has 1 aromatic carbocycles. The Morgan fingerprint density at radius 2 is 2.16 bits per heavy atom. The van der Waals surface area contributed by atoms with Crippen LogP contribution < -0.4 is 10.5 Å². The number of nitrogens with zero attached hydrogens (tertiary/aromatic N) is 2. The third kappa shape index (κ3) is 3.00. The molecule has 0 amide bonds. The first-order valence-corrected chi connectivity index (χ1v) is 6.10. The average molecular weight is 324 g/mol. The maximum absolute atomic E-state index is 10.7. The van der Waals surface area contributed by atoms with E-state index in [4.69, 9.17) is 10.5 Å². The lowest BCUT2D eigenvalue weighted by atomic mass is 10.2. The minimum Gasteiger partial charge on any atom is -0.437 e. The zero-order valence-electron chi connectivity index (χ0n) is 9.96. The van der Waals surface area contributed by atoms with Gasteiger partial charge in [-0.05, 0) is 41.1 Å². The Balaban J connectivity index is 2.29. The number of ether oxygens (including phenoxy) is 1. The maximum atomic E-state index is 10.7. The molecule has 0 aliphatic rings. The van der Waals surface area contributed by atoms with Gasteiger partial charge in [-0.2, -0.15) is 0 Å². The Hall–Kier alpha value is -2.15. The lowest BCUT2D eigenvalue weighted by Crippen LogP contribution is -1.96. The summed E-state index contributed by atoms with van der Waals surface area (Å²) in [6, 6.07) is 6.13. The van der Waals surface area contributed by atoms with Gasteiger partial charge in [0.1, 0.15) is 5.75 Å². The molecule has 0 atom stereocenters. The van der Waals surface area contributed by atoms with Crippen molar-refractivity contribution >= 4 is 27.3 Å².